The van der Waals surface area contributed by atoms with Crippen molar-refractivity contribution in [1.29, 1.82) is 0 Å². The predicted molar refractivity (Wildman–Crippen MR) is 70.8 cm³/mol. The van der Waals surface area contributed by atoms with Crippen molar-refractivity contribution in [1.82, 2.24) is 4.90 Å². The summed E-state index contributed by atoms with van der Waals surface area (Å²) in [6, 6.07) is 3.81. The second-order valence-corrected chi connectivity index (χ2v) is 4.62. The molecule has 0 aliphatic carbocycles. The maximum atomic E-state index is 12.5. The molecule has 108 valence electrons. The van der Waals surface area contributed by atoms with Crippen LogP contribution in [0.1, 0.15) is 23.2 Å². The Morgan fingerprint density at radius 3 is 2.95 bits per heavy atom. The van der Waals surface area contributed by atoms with Crippen LogP contribution in [-0.2, 0) is 0 Å². The zero-order valence-corrected chi connectivity index (χ0v) is 11.1. The molecule has 1 saturated heterocycles. The predicted octanol–water partition coefficient (Wildman–Crippen LogP) is 1.20. The standard InChI is InChI=1S/C13H16N2O5/c1-20-10-4-5-12(15(18)19)11(7-10)13(17)14-6-2-3-9(14)8-16/h4-5,7,9,16H,2-3,6,8H2,1H3/t9-/m0/s1. The molecular formula is C13H16N2O5. The van der Waals surface area contributed by atoms with Crippen LogP contribution in [0.5, 0.6) is 5.75 Å². The van der Waals surface area contributed by atoms with Crippen LogP contribution in [-0.4, -0.2) is 47.1 Å². The van der Waals surface area contributed by atoms with Crippen LogP contribution >= 0.6 is 0 Å². The van der Waals surface area contributed by atoms with E-state index < -0.39 is 10.8 Å². The van der Waals surface area contributed by atoms with Gasteiger partial charge in [0, 0.05) is 12.6 Å². The van der Waals surface area contributed by atoms with Crippen molar-refractivity contribution >= 4 is 11.6 Å². The van der Waals surface area contributed by atoms with Crippen LogP contribution in [0.3, 0.4) is 0 Å². The van der Waals surface area contributed by atoms with Crippen molar-refractivity contribution in [3.05, 3.63) is 33.9 Å². The van der Waals surface area contributed by atoms with Crippen LogP contribution < -0.4 is 4.74 Å². The van der Waals surface area contributed by atoms with Gasteiger partial charge in [-0.1, -0.05) is 0 Å². The van der Waals surface area contributed by atoms with Gasteiger partial charge >= 0.3 is 0 Å². The molecule has 20 heavy (non-hydrogen) atoms. The van der Waals surface area contributed by atoms with E-state index in [9.17, 15) is 20.0 Å². The zero-order chi connectivity index (χ0) is 14.7. The Hall–Kier alpha value is -2.15. The van der Waals surface area contributed by atoms with Gasteiger partial charge in [-0.2, -0.15) is 0 Å². The average Bonchev–Trinajstić information content (AvgIpc) is 2.94. The van der Waals surface area contributed by atoms with E-state index in [1.54, 1.807) is 0 Å². The van der Waals surface area contributed by atoms with E-state index in [4.69, 9.17) is 4.74 Å². The molecule has 1 atom stereocenters. The number of benzene rings is 1. The number of aliphatic hydroxyl groups is 1. The summed E-state index contributed by atoms with van der Waals surface area (Å²) in [7, 11) is 1.43. The van der Waals surface area contributed by atoms with Gasteiger partial charge in [-0.25, -0.2) is 0 Å². The van der Waals surface area contributed by atoms with Crippen LogP contribution in [0.25, 0.3) is 0 Å². The van der Waals surface area contributed by atoms with E-state index >= 15 is 0 Å². The molecule has 1 amide bonds. The first kappa shape index (κ1) is 14.3. The zero-order valence-electron chi connectivity index (χ0n) is 11.1. The number of hydrogen-bond donors (Lipinski definition) is 1. The molecule has 0 unspecified atom stereocenters. The van der Waals surface area contributed by atoms with E-state index in [0.29, 0.717) is 18.7 Å². The first-order chi connectivity index (χ1) is 9.58. The molecule has 7 heteroatoms. The number of nitrogens with zero attached hydrogens (tertiary/aromatic N) is 2. The summed E-state index contributed by atoms with van der Waals surface area (Å²) in [5.41, 5.74) is -0.255. The number of likely N-dealkylation sites (tertiary alicyclic amines) is 1. The van der Waals surface area contributed by atoms with Crippen LogP contribution in [0.15, 0.2) is 18.2 Å². The van der Waals surface area contributed by atoms with E-state index in [1.807, 2.05) is 0 Å². The Morgan fingerprint density at radius 2 is 2.35 bits per heavy atom. The monoisotopic (exact) mass is 280 g/mol. The lowest BCUT2D eigenvalue weighted by Gasteiger charge is -2.23. The first-order valence-electron chi connectivity index (χ1n) is 6.32. The van der Waals surface area contributed by atoms with Gasteiger partial charge in [0.2, 0.25) is 0 Å². The molecule has 1 heterocycles. The maximum absolute atomic E-state index is 12.5. The van der Waals surface area contributed by atoms with Gasteiger partial charge in [0.25, 0.3) is 11.6 Å². The molecule has 1 aliphatic rings. The largest absolute Gasteiger partial charge is 0.497 e. The number of nitro benzene ring substituents is 1. The third-order valence-electron chi connectivity index (χ3n) is 3.48. The summed E-state index contributed by atoms with van der Waals surface area (Å²) in [6.45, 7) is 0.363. The van der Waals surface area contributed by atoms with Crippen molar-refractivity contribution in [3.8, 4) is 5.75 Å². The van der Waals surface area contributed by atoms with Gasteiger partial charge in [-0.05, 0) is 25.0 Å². The highest BCUT2D eigenvalue weighted by atomic mass is 16.6. The fourth-order valence-corrected chi connectivity index (χ4v) is 2.42. The highest BCUT2D eigenvalue weighted by Gasteiger charge is 2.32. The molecule has 7 nitrogen and oxygen atoms in total. The van der Waals surface area contributed by atoms with Crippen molar-refractivity contribution in [3.63, 3.8) is 0 Å². The molecule has 0 aromatic heterocycles. The summed E-state index contributed by atoms with van der Waals surface area (Å²) in [5, 5.41) is 20.3. The minimum atomic E-state index is -0.587. The highest BCUT2D eigenvalue weighted by molar-refractivity contribution is 5.99. The van der Waals surface area contributed by atoms with Crippen LogP contribution in [0.4, 0.5) is 5.69 Å². The first-order valence-corrected chi connectivity index (χ1v) is 6.32. The van der Waals surface area contributed by atoms with Gasteiger partial charge in [-0.15, -0.1) is 0 Å². The van der Waals surface area contributed by atoms with Crippen LogP contribution in [0.2, 0.25) is 0 Å². The number of rotatable bonds is 4. The van der Waals surface area contributed by atoms with Crippen molar-refractivity contribution < 1.29 is 19.6 Å². The molecule has 1 aromatic carbocycles. The minimum Gasteiger partial charge on any atom is -0.497 e. The Bertz CT molecular complexity index is 531. The van der Waals surface area contributed by atoms with Crippen molar-refractivity contribution in [2.24, 2.45) is 0 Å². The molecule has 1 aliphatic heterocycles. The lowest BCUT2D eigenvalue weighted by molar-refractivity contribution is -0.385. The maximum Gasteiger partial charge on any atom is 0.282 e. The molecule has 1 N–H and O–H groups in total. The van der Waals surface area contributed by atoms with Gasteiger partial charge in [-0.3, -0.25) is 14.9 Å². The molecule has 0 spiro atoms. The topological polar surface area (TPSA) is 92.9 Å². The summed E-state index contributed by atoms with van der Waals surface area (Å²) in [4.78, 5) is 24.4. The second-order valence-electron chi connectivity index (χ2n) is 4.62. The molecule has 0 bridgehead atoms. The van der Waals surface area contributed by atoms with E-state index in [2.05, 4.69) is 0 Å². The molecular weight excluding hydrogens is 264 g/mol. The number of methoxy groups -OCH3 is 1. The van der Waals surface area contributed by atoms with Gasteiger partial charge in [0.15, 0.2) is 0 Å². The highest BCUT2D eigenvalue weighted by Crippen LogP contribution is 2.28. The van der Waals surface area contributed by atoms with Crippen molar-refractivity contribution in [2.75, 3.05) is 20.3 Å². The Balaban J connectivity index is 2.39. The summed E-state index contributed by atoms with van der Waals surface area (Å²) >= 11 is 0. The third-order valence-corrected chi connectivity index (χ3v) is 3.48. The third kappa shape index (κ3) is 2.57. The Kier molecular flexibility index (Phi) is 4.19. The molecule has 1 aromatic rings. The van der Waals surface area contributed by atoms with E-state index in [-0.39, 0.29) is 23.9 Å². The second kappa shape index (κ2) is 5.87. The number of hydrogen-bond acceptors (Lipinski definition) is 5. The minimum absolute atomic E-state index is 0.00491. The fourth-order valence-electron chi connectivity index (χ4n) is 2.42. The Morgan fingerprint density at radius 1 is 1.60 bits per heavy atom. The van der Waals surface area contributed by atoms with E-state index in [0.717, 1.165) is 6.42 Å². The number of carbonyl (C=O) groups is 1. The van der Waals surface area contributed by atoms with Gasteiger partial charge in [0.1, 0.15) is 11.3 Å². The lowest BCUT2D eigenvalue weighted by Crippen LogP contribution is -2.37. The number of carbonyl (C=O) groups excluding carboxylic acids is 1. The molecule has 0 radical (unpaired) electrons. The smallest absolute Gasteiger partial charge is 0.282 e. The SMILES string of the molecule is COc1ccc([N+](=O)[O-])c(C(=O)N2CCC[C@H]2CO)c1. The normalized spacial score (nSPS) is 18.1. The average molecular weight is 280 g/mol. The summed E-state index contributed by atoms with van der Waals surface area (Å²) in [5.74, 6) is -0.0501. The van der Waals surface area contributed by atoms with Gasteiger partial charge in [0.05, 0.1) is 24.7 Å². The lowest BCUT2D eigenvalue weighted by atomic mass is 10.1. The number of aliphatic hydroxyl groups excluding tert-OH is 1. The molecule has 1 fully saturated rings. The van der Waals surface area contributed by atoms with E-state index in [1.165, 1.54) is 30.2 Å². The fraction of sp³-hybridized carbons (Fsp3) is 0.462. The molecule has 2 rings (SSSR count). The summed E-state index contributed by atoms with van der Waals surface area (Å²) < 4.78 is 5.01. The van der Waals surface area contributed by atoms with Crippen molar-refractivity contribution in [2.45, 2.75) is 18.9 Å². The summed E-state index contributed by atoms with van der Waals surface area (Å²) in [6.07, 6.45) is 1.49. The molecule has 0 saturated carbocycles. The number of amides is 1. The number of nitro groups is 1. The number of ether oxygens (including phenoxy) is 1. The van der Waals surface area contributed by atoms with Crippen LogP contribution in [0, 0.1) is 10.1 Å². The quantitative estimate of drug-likeness (QED) is 0.660. The van der Waals surface area contributed by atoms with Gasteiger partial charge < -0.3 is 14.7 Å². The Labute approximate surface area is 115 Å².